The first-order valence-corrected chi connectivity index (χ1v) is 11.5. The topological polar surface area (TPSA) is 125 Å². The van der Waals surface area contributed by atoms with Crippen LogP contribution in [0.3, 0.4) is 0 Å². The zero-order chi connectivity index (χ0) is 24.8. The lowest BCUT2D eigenvalue weighted by molar-refractivity contribution is -0.119. The molecule has 35 heavy (non-hydrogen) atoms. The number of rotatable bonds is 8. The van der Waals surface area contributed by atoms with Crippen LogP contribution in [0, 0.1) is 6.92 Å². The summed E-state index contributed by atoms with van der Waals surface area (Å²) in [5, 5.41) is 13.9. The Bertz CT molecular complexity index is 1330. The van der Waals surface area contributed by atoms with E-state index in [1.165, 1.54) is 22.3 Å². The maximum absolute atomic E-state index is 12.6. The highest BCUT2D eigenvalue weighted by atomic mass is 32.1. The molecule has 178 valence electrons. The zero-order valence-electron chi connectivity index (χ0n) is 18.9. The SMILES string of the molecule is CCOC(=O)c1c(NC(=O)COC(=O)c2ccc(-n3cnnn3)cc2)sc(-c2ccccc2)c1C. The van der Waals surface area contributed by atoms with E-state index in [0.29, 0.717) is 16.3 Å². The molecule has 1 amide bonds. The number of ether oxygens (including phenoxy) is 2. The Morgan fingerprint density at radius 3 is 2.40 bits per heavy atom. The van der Waals surface area contributed by atoms with E-state index in [9.17, 15) is 14.4 Å². The van der Waals surface area contributed by atoms with E-state index in [2.05, 4.69) is 20.8 Å². The predicted octanol–water partition coefficient (Wildman–Crippen LogP) is 3.67. The number of nitrogens with zero attached hydrogens (tertiary/aromatic N) is 4. The van der Waals surface area contributed by atoms with Crippen molar-refractivity contribution in [1.82, 2.24) is 20.2 Å². The summed E-state index contributed by atoms with van der Waals surface area (Å²) in [7, 11) is 0. The third-order valence-corrected chi connectivity index (χ3v) is 6.22. The second-order valence-electron chi connectivity index (χ2n) is 7.27. The third-order valence-electron chi connectivity index (χ3n) is 4.97. The fourth-order valence-electron chi connectivity index (χ4n) is 3.32. The Morgan fingerprint density at radius 1 is 1.00 bits per heavy atom. The lowest BCUT2D eigenvalue weighted by atomic mass is 10.1. The maximum atomic E-state index is 12.6. The summed E-state index contributed by atoms with van der Waals surface area (Å²) in [6.45, 7) is 3.20. The first-order chi connectivity index (χ1) is 17.0. The number of carbonyl (C=O) groups is 3. The Morgan fingerprint density at radius 2 is 1.74 bits per heavy atom. The van der Waals surface area contributed by atoms with Gasteiger partial charge in [0.15, 0.2) is 6.61 Å². The van der Waals surface area contributed by atoms with Gasteiger partial charge in [-0.3, -0.25) is 4.79 Å². The molecule has 11 heteroatoms. The van der Waals surface area contributed by atoms with Crippen LogP contribution in [-0.2, 0) is 14.3 Å². The summed E-state index contributed by atoms with van der Waals surface area (Å²) in [5.41, 5.74) is 2.83. The summed E-state index contributed by atoms with van der Waals surface area (Å²) >= 11 is 1.26. The summed E-state index contributed by atoms with van der Waals surface area (Å²) in [5.74, 6) is -1.77. The molecule has 0 atom stereocenters. The fourth-order valence-corrected chi connectivity index (χ4v) is 4.54. The van der Waals surface area contributed by atoms with Crippen molar-refractivity contribution >= 4 is 34.2 Å². The molecule has 0 bridgehead atoms. The second-order valence-corrected chi connectivity index (χ2v) is 8.29. The number of carbonyl (C=O) groups excluding carboxylic acids is 3. The number of benzene rings is 2. The van der Waals surface area contributed by atoms with Gasteiger partial charge in [-0.15, -0.1) is 16.4 Å². The minimum Gasteiger partial charge on any atom is -0.462 e. The van der Waals surface area contributed by atoms with E-state index in [0.717, 1.165) is 10.4 Å². The van der Waals surface area contributed by atoms with Crippen molar-refractivity contribution in [3.05, 3.63) is 77.6 Å². The highest BCUT2D eigenvalue weighted by Crippen LogP contribution is 2.40. The van der Waals surface area contributed by atoms with Gasteiger partial charge in [-0.25, -0.2) is 14.3 Å². The number of amides is 1. The Balaban J connectivity index is 1.45. The Kier molecular flexibility index (Phi) is 7.27. The molecule has 0 aliphatic carbocycles. The van der Waals surface area contributed by atoms with Crippen LogP contribution in [0.25, 0.3) is 16.1 Å². The van der Waals surface area contributed by atoms with Gasteiger partial charge in [0.2, 0.25) is 0 Å². The van der Waals surface area contributed by atoms with Crippen LogP contribution in [0.2, 0.25) is 0 Å². The van der Waals surface area contributed by atoms with E-state index < -0.39 is 24.5 Å². The maximum Gasteiger partial charge on any atom is 0.341 e. The summed E-state index contributed by atoms with van der Waals surface area (Å²) in [6, 6.07) is 15.9. The van der Waals surface area contributed by atoms with E-state index in [1.807, 2.05) is 30.3 Å². The quantitative estimate of drug-likeness (QED) is 0.370. The highest BCUT2D eigenvalue weighted by Gasteiger charge is 2.24. The number of anilines is 1. The first-order valence-electron chi connectivity index (χ1n) is 10.6. The van der Waals surface area contributed by atoms with Crippen LogP contribution in [-0.4, -0.2) is 51.3 Å². The van der Waals surface area contributed by atoms with Crippen molar-refractivity contribution in [2.75, 3.05) is 18.5 Å². The summed E-state index contributed by atoms with van der Waals surface area (Å²) in [6.07, 6.45) is 1.43. The Labute approximate surface area is 204 Å². The standard InChI is InChI=1S/C24H21N5O5S/c1-3-33-24(32)20-15(2)21(16-7-5-4-6-8-16)35-22(20)26-19(30)13-34-23(31)17-9-11-18(12-10-17)29-14-25-27-28-29/h4-12,14H,3,13H2,1-2H3,(H,26,30). The van der Waals surface area contributed by atoms with Crippen LogP contribution in [0.1, 0.15) is 33.2 Å². The molecule has 2 aromatic carbocycles. The molecular weight excluding hydrogens is 470 g/mol. The highest BCUT2D eigenvalue weighted by molar-refractivity contribution is 7.20. The predicted molar refractivity (Wildman–Crippen MR) is 129 cm³/mol. The van der Waals surface area contributed by atoms with Gasteiger partial charge in [0.05, 0.1) is 23.4 Å². The van der Waals surface area contributed by atoms with Crippen molar-refractivity contribution in [3.63, 3.8) is 0 Å². The minimum absolute atomic E-state index is 0.200. The van der Waals surface area contributed by atoms with Gasteiger partial charge in [-0.2, -0.15) is 0 Å². The van der Waals surface area contributed by atoms with Gasteiger partial charge in [-0.05, 0) is 59.7 Å². The molecule has 0 unspecified atom stereocenters. The lowest BCUT2D eigenvalue weighted by Crippen LogP contribution is -2.21. The average molecular weight is 492 g/mol. The van der Waals surface area contributed by atoms with Crippen molar-refractivity contribution in [1.29, 1.82) is 0 Å². The number of hydrogen-bond acceptors (Lipinski definition) is 9. The van der Waals surface area contributed by atoms with Gasteiger partial charge in [0, 0.05) is 4.88 Å². The van der Waals surface area contributed by atoms with E-state index in [-0.39, 0.29) is 17.7 Å². The molecule has 2 heterocycles. The van der Waals surface area contributed by atoms with Gasteiger partial charge < -0.3 is 14.8 Å². The minimum atomic E-state index is -0.665. The van der Waals surface area contributed by atoms with Crippen LogP contribution in [0.15, 0.2) is 60.9 Å². The van der Waals surface area contributed by atoms with Gasteiger partial charge in [-0.1, -0.05) is 30.3 Å². The van der Waals surface area contributed by atoms with Gasteiger partial charge >= 0.3 is 11.9 Å². The monoisotopic (exact) mass is 491 g/mol. The number of hydrogen-bond donors (Lipinski definition) is 1. The average Bonchev–Trinajstić information content (AvgIpc) is 3.52. The normalized spacial score (nSPS) is 10.6. The largest absolute Gasteiger partial charge is 0.462 e. The first kappa shape index (κ1) is 23.8. The molecule has 1 N–H and O–H groups in total. The Hall–Kier alpha value is -4.38. The molecule has 0 aliphatic rings. The smallest absolute Gasteiger partial charge is 0.341 e. The number of esters is 2. The fraction of sp³-hybridized carbons (Fsp3) is 0.167. The second kappa shape index (κ2) is 10.7. The molecule has 0 radical (unpaired) electrons. The van der Waals surface area contributed by atoms with E-state index in [4.69, 9.17) is 9.47 Å². The van der Waals surface area contributed by atoms with Crippen LogP contribution >= 0.6 is 11.3 Å². The number of tetrazole rings is 1. The zero-order valence-corrected chi connectivity index (χ0v) is 19.7. The van der Waals surface area contributed by atoms with Gasteiger partial charge in [0.25, 0.3) is 5.91 Å². The molecule has 0 saturated heterocycles. The number of thiophene rings is 1. The van der Waals surface area contributed by atoms with Crippen molar-refractivity contribution in [2.24, 2.45) is 0 Å². The molecule has 4 rings (SSSR count). The number of aromatic nitrogens is 4. The van der Waals surface area contributed by atoms with Crippen LogP contribution < -0.4 is 5.32 Å². The molecule has 4 aromatic rings. The number of nitrogens with one attached hydrogen (secondary N) is 1. The van der Waals surface area contributed by atoms with Crippen molar-refractivity contribution < 1.29 is 23.9 Å². The third kappa shape index (κ3) is 5.41. The molecule has 2 aromatic heterocycles. The molecule has 10 nitrogen and oxygen atoms in total. The lowest BCUT2D eigenvalue weighted by Gasteiger charge is -2.08. The van der Waals surface area contributed by atoms with Crippen LogP contribution in [0.4, 0.5) is 5.00 Å². The van der Waals surface area contributed by atoms with E-state index >= 15 is 0 Å². The molecule has 0 spiro atoms. The van der Waals surface area contributed by atoms with Gasteiger partial charge in [0.1, 0.15) is 11.3 Å². The van der Waals surface area contributed by atoms with E-state index in [1.54, 1.807) is 38.1 Å². The molecule has 0 aliphatic heterocycles. The summed E-state index contributed by atoms with van der Waals surface area (Å²) < 4.78 is 11.8. The van der Waals surface area contributed by atoms with Crippen molar-refractivity contribution in [2.45, 2.75) is 13.8 Å². The molecular formula is C24H21N5O5S. The molecule has 0 saturated carbocycles. The summed E-state index contributed by atoms with van der Waals surface area (Å²) in [4.78, 5) is 38.4. The molecule has 0 fully saturated rings. The van der Waals surface area contributed by atoms with Crippen LogP contribution in [0.5, 0.6) is 0 Å². The van der Waals surface area contributed by atoms with Crippen molar-refractivity contribution in [3.8, 4) is 16.1 Å².